The van der Waals surface area contributed by atoms with Crippen LogP contribution in [0.4, 0.5) is 0 Å². The van der Waals surface area contributed by atoms with E-state index in [4.69, 9.17) is 0 Å². The third-order valence-electron chi connectivity index (χ3n) is 2.53. The highest BCUT2D eigenvalue weighted by Crippen LogP contribution is 2.21. The maximum atomic E-state index is 3.88. The van der Waals surface area contributed by atoms with Gasteiger partial charge in [-0.1, -0.05) is 40.0 Å². The summed E-state index contributed by atoms with van der Waals surface area (Å²) >= 11 is 0. The van der Waals surface area contributed by atoms with Gasteiger partial charge in [0.25, 0.3) is 0 Å². The molecule has 0 rings (SSSR count). The number of rotatable bonds is 6. The minimum absolute atomic E-state index is 0.760. The van der Waals surface area contributed by atoms with Crippen LogP contribution in [0.5, 0.6) is 0 Å². The Hall–Kier alpha value is -0.440. The molecule has 0 aromatic heterocycles. The number of hydrogen-bond acceptors (Lipinski definition) is 0. The predicted octanol–water partition coefficient (Wildman–Crippen LogP) is 3.88. The van der Waals surface area contributed by atoms with Crippen LogP contribution >= 0.6 is 0 Å². The Morgan fingerprint density at radius 2 is 2.08 bits per heavy atom. The molecule has 2 unspecified atom stereocenters. The largest absolute Gasteiger partial charge is 0.103 e. The van der Waals surface area contributed by atoms with Crippen molar-refractivity contribution in [2.24, 2.45) is 11.8 Å². The van der Waals surface area contributed by atoms with Gasteiger partial charge in [-0.3, -0.25) is 0 Å². The van der Waals surface area contributed by atoms with Crippen molar-refractivity contribution in [1.29, 1.82) is 0 Å². The summed E-state index contributed by atoms with van der Waals surface area (Å²) in [6.45, 7) is 12.0. The Balaban J connectivity index is 3.73. The fourth-order valence-corrected chi connectivity index (χ4v) is 1.65. The van der Waals surface area contributed by atoms with Crippen LogP contribution in [0.2, 0.25) is 0 Å². The average Bonchev–Trinajstić information content (AvgIpc) is 2.12. The molecule has 0 bridgehead atoms. The molecule has 0 aliphatic heterocycles. The van der Waals surface area contributed by atoms with E-state index < -0.39 is 0 Å². The third-order valence-corrected chi connectivity index (χ3v) is 2.53. The molecule has 0 amide bonds. The second-order valence-corrected chi connectivity index (χ2v) is 3.82. The maximum absolute atomic E-state index is 3.88. The third kappa shape index (κ3) is 6.70. The molecule has 0 heteroatoms. The molecule has 13 heavy (non-hydrogen) atoms. The second-order valence-electron chi connectivity index (χ2n) is 3.82. The molecule has 0 saturated heterocycles. The quantitative estimate of drug-likeness (QED) is 0.541. The van der Waals surface area contributed by atoms with E-state index >= 15 is 0 Å². The minimum Gasteiger partial charge on any atom is -0.103 e. The zero-order valence-corrected chi connectivity index (χ0v) is 9.10. The average molecular weight is 178 g/mol. The Kier molecular flexibility index (Phi) is 7.90. The first kappa shape index (κ1) is 12.6. The van der Waals surface area contributed by atoms with Crippen molar-refractivity contribution in [3.63, 3.8) is 0 Å². The van der Waals surface area contributed by atoms with E-state index in [-0.39, 0.29) is 0 Å². The minimum atomic E-state index is 0.760. The van der Waals surface area contributed by atoms with Gasteiger partial charge >= 0.3 is 0 Å². The van der Waals surface area contributed by atoms with Crippen molar-refractivity contribution in [2.45, 2.75) is 46.0 Å². The van der Waals surface area contributed by atoms with Crippen molar-refractivity contribution in [1.82, 2.24) is 0 Å². The summed E-state index contributed by atoms with van der Waals surface area (Å²) in [5.74, 6) is 7.36. The van der Waals surface area contributed by atoms with Gasteiger partial charge in [-0.25, -0.2) is 0 Å². The van der Waals surface area contributed by atoms with Crippen molar-refractivity contribution in [3.05, 3.63) is 13.8 Å². The fraction of sp³-hybridized carbons (Fsp3) is 0.692. The lowest BCUT2D eigenvalue weighted by Gasteiger charge is -2.16. The van der Waals surface area contributed by atoms with Crippen molar-refractivity contribution in [2.75, 3.05) is 0 Å². The highest BCUT2D eigenvalue weighted by atomic mass is 14.1. The van der Waals surface area contributed by atoms with Crippen molar-refractivity contribution >= 4 is 0 Å². The summed E-state index contributed by atoms with van der Waals surface area (Å²) in [7, 11) is 0. The summed E-state index contributed by atoms with van der Waals surface area (Å²) in [5, 5.41) is 0. The summed E-state index contributed by atoms with van der Waals surface area (Å²) in [5.41, 5.74) is 0. The highest BCUT2D eigenvalue weighted by molar-refractivity contribution is 5.02. The zero-order chi connectivity index (χ0) is 10.1. The summed E-state index contributed by atoms with van der Waals surface area (Å²) < 4.78 is 0. The lowest BCUT2D eigenvalue weighted by molar-refractivity contribution is 0.371. The summed E-state index contributed by atoms with van der Waals surface area (Å²) in [6, 6.07) is 0. The molecule has 2 atom stereocenters. The van der Waals surface area contributed by atoms with Crippen LogP contribution in [0.25, 0.3) is 0 Å². The van der Waals surface area contributed by atoms with Gasteiger partial charge in [0.2, 0.25) is 0 Å². The van der Waals surface area contributed by atoms with Crippen LogP contribution in [0, 0.1) is 37.5 Å². The monoisotopic (exact) mass is 178 g/mol. The van der Waals surface area contributed by atoms with E-state index in [1.165, 1.54) is 19.3 Å². The Morgan fingerprint density at radius 3 is 2.54 bits per heavy atom. The molecule has 0 saturated carbocycles. The van der Waals surface area contributed by atoms with E-state index in [1.54, 1.807) is 0 Å². The smallest absolute Gasteiger partial charge is 0.0198 e. The van der Waals surface area contributed by atoms with E-state index in [1.807, 2.05) is 0 Å². The van der Waals surface area contributed by atoms with Crippen LogP contribution in [0.15, 0.2) is 0 Å². The van der Waals surface area contributed by atoms with Crippen LogP contribution in [0.1, 0.15) is 46.0 Å². The summed E-state index contributed by atoms with van der Waals surface area (Å²) in [6.07, 6.45) is 5.84. The van der Waals surface area contributed by atoms with Crippen LogP contribution in [-0.2, 0) is 0 Å². The standard InChI is InChI=1S/C13H22/c1-5-8-10-13(7-3)11-12(4)9-6-2/h12-13H,1-2,6-7,9-11H2,3-4H3. The topological polar surface area (TPSA) is 0 Å². The van der Waals surface area contributed by atoms with Gasteiger partial charge < -0.3 is 0 Å². The molecule has 0 heterocycles. The molecule has 0 fully saturated rings. The van der Waals surface area contributed by atoms with Crippen LogP contribution in [-0.4, -0.2) is 0 Å². The maximum Gasteiger partial charge on any atom is 0.0198 e. The first-order chi connectivity index (χ1) is 6.24. The number of hydrogen-bond donors (Lipinski definition) is 0. The van der Waals surface area contributed by atoms with Gasteiger partial charge in [0, 0.05) is 13.3 Å². The predicted molar refractivity (Wildman–Crippen MR) is 59.9 cm³/mol. The zero-order valence-electron chi connectivity index (χ0n) is 9.10. The second kappa shape index (κ2) is 8.17. The Bertz CT molecular complexity index is 159. The molecule has 74 valence electrons. The molecule has 0 N–H and O–H groups in total. The van der Waals surface area contributed by atoms with E-state index in [0.29, 0.717) is 0 Å². The van der Waals surface area contributed by atoms with Crippen LogP contribution in [0.3, 0.4) is 0 Å². The SMILES string of the molecule is [CH2]C#CCC(CC)CC(C)CC[CH2]. The first-order valence-electron chi connectivity index (χ1n) is 5.28. The van der Waals surface area contributed by atoms with Crippen molar-refractivity contribution in [3.8, 4) is 11.8 Å². The normalized spacial score (nSPS) is 14.5. The molecule has 0 aliphatic carbocycles. The van der Waals surface area contributed by atoms with Crippen LogP contribution < -0.4 is 0 Å². The van der Waals surface area contributed by atoms with Gasteiger partial charge in [-0.05, 0) is 18.3 Å². The lowest BCUT2D eigenvalue weighted by atomic mass is 9.89. The fourth-order valence-electron chi connectivity index (χ4n) is 1.65. The Labute approximate surface area is 84.1 Å². The van der Waals surface area contributed by atoms with E-state index in [2.05, 4.69) is 39.5 Å². The van der Waals surface area contributed by atoms with Gasteiger partial charge in [0.1, 0.15) is 0 Å². The molecule has 0 aliphatic rings. The molecule has 0 nitrogen and oxygen atoms in total. The molecular weight excluding hydrogens is 156 g/mol. The molecule has 0 aromatic carbocycles. The molecular formula is C13H22. The van der Waals surface area contributed by atoms with Gasteiger partial charge in [-0.2, -0.15) is 0 Å². The van der Waals surface area contributed by atoms with E-state index in [0.717, 1.165) is 24.7 Å². The summed E-state index contributed by atoms with van der Waals surface area (Å²) in [4.78, 5) is 0. The molecule has 2 radical (unpaired) electrons. The molecule has 0 aromatic rings. The molecule has 0 spiro atoms. The van der Waals surface area contributed by atoms with E-state index in [9.17, 15) is 0 Å². The van der Waals surface area contributed by atoms with Gasteiger partial charge in [0.15, 0.2) is 0 Å². The van der Waals surface area contributed by atoms with Gasteiger partial charge in [0.05, 0.1) is 0 Å². The van der Waals surface area contributed by atoms with Crippen molar-refractivity contribution < 1.29 is 0 Å². The Morgan fingerprint density at radius 1 is 1.38 bits per heavy atom. The highest BCUT2D eigenvalue weighted by Gasteiger charge is 2.09. The lowest BCUT2D eigenvalue weighted by Crippen LogP contribution is -2.05. The first-order valence-corrected chi connectivity index (χ1v) is 5.28. The van der Waals surface area contributed by atoms with Gasteiger partial charge in [-0.15, -0.1) is 11.8 Å².